The highest BCUT2D eigenvalue weighted by Gasteiger charge is 2.54. The number of carbonyl (C=O) groups is 1. The predicted molar refractivity (Wildman–Crippen MR) is 55.0 cm³/mol. The monoisotopic (exact) mass is 214 g/mol. The summed E-state index contributed by atoms with van der Waals surface area (Å²) in [4.78, 5) is 22.1. The number of hydrogen-bond acceptors (Lipinski definition) is 4. The lowest BCUT2D eigenvalue weighted by molar-refractivity contribution is -0.337. The van der Waals surface area contributed by atoms with Gasteiger partial charge in [0.15, 0.2) is 0 Å². The zero-order chi connectivity index (χ0) is 11.5. The fourth-order valence-electron chi connectivity index (χ4n) is 1.76. The first-order valence-corrected chi connectivity index (χ1v) is 5.17. The molecule has 15 heavy (non-hydrogen) atoms. The van der Waals surface area contributed by atoms with Crippen molar-refractivity contribution in [2.45, 2.75) is 44.3 Å². The van der Waals surface area contributed by atoms with Gasteiger partial charge in [-0.15, -0.1) is 6.58 Å². The van der Waals surface area contributed by atoms with Crippen molar-refractivity contribution in [2.75, 3.05) is 7.11 Å². The molecular weight excluding hydrogens is 196 g/mol. The van der Waals surface area contributed by atoms with Gasteiger partial charge in [0.25, 0.3) is 0 Å². The van der Waals surface area contributed by atoms with Gasteiger partial charge in [0.05, 0.1) is 7.11 Å². The van der Waals surface area contributed by atoms with E-state index in [0.29, 0.717) is 12.8 Å². The summed E-state index contributed by atoms with van der Waals surface area (Å²) in [5.74, 6) is -0.387. The third kappa shape index (κ3) is 1.92. The Morgan fingerprint density at radius 2 is 2.13 bits per heavy atom. The summed E-state index contributed by atoms with van der Waals surface area (Å²) in [6, 6.07) is 0. The molecule has 0 aliphatic carbocycles. The van der Waals surface area contributed by atoms with E-state index in [1.54, 1.807) is 6.08 Å². The van der Waals surface area contributed by atoms with Crippen molar-refractivity contribution in [3.63, 3.8) is 0 Å². The molecule has 4 heteroatoms. The molecule has 0 spiro atoms. The fraction of sp³-hybridized carbons (Fsp3) is 0.727. The van der Waals surface area contributed by atoms with Crippen LogP contribution in [0.4, 0.5) is 0 Å². The van der Waals surface area contributed by atoms with E-state index in [1.807, 2.05) is 13.8 Å². The number of carbonyl (C=O) groups excluding carboxylic acids is 1. The van der Waals surface area contributed by atoms with E-state index in [0.717, 1.165) is 6.42 Å². The number of rotatable bonds is 4. The van der Waals surface area contributed by atoms with Crippen LogP contribution >= 0.6 is 0 Å². The third-order valence-electron chi connectivity index (χ3n) is 3.05. The summed E-state index contributed by atoms with van der Waals surface area (Å²) in [6.45, 7) is 7.55. The molecule has 86 valence electrons. The van der Waals surface area contributed by atoms with Gasteiger partial charge in [-0.05, 0) is 12.8 Å². The minimum absolute atomic E-state index is 0.387. The Kier molecular flexibility index (Phi) is 3.52. The van der Waals surface area contributed by atoms with Crippen molar-refractivity contribution in [2.24, 2.45) is 0 Å². The zero-order valence-corrected chi connectivity index (χ0v) is 9.54. The number of esters is 1. The SMILES string of the molecule is C=C[C@@]1(CC)C[C@](CC)(C(=O)OC)OO1. The number of hydrogen-bond donors (Lipinski definition) is 0. The molecule has 0 aromatic carbocycles. The van der Waals surface area contributed by atoms with E-state index in [9.17, 15) is 4.79 Å². The summed E-state index contributed by atoms with van der Waals surface area (Å²) >= 11 is 0. The maximum Gasteiger partial charge on any atom is 0.341 e. The smallest absolute Gasteiger partial charge is 0.341 e. The summed E-state index contributed by atoms with van der Waals surface area (Å²) in [5, 5.41) is 0. The highest BCUT2D eigenvalue weighted by Crippen LogP contribution is 2.41. The summed E-state index contributed by atoms with van der Waals surface area (Å²) in [6.07, 6.45) is 3.39. The van der Waals surface area contributed by atoms with Crippen LogP contribution in [0, 0.1) is 0 Å². The normalized spacial score (nSPS) is 35.1. The lowest BCUT2D eigenvalue weighted by Gasteiger charge is -2.22. The van der Waals surface area contributed by atoms with Gasteiger partial charge in [0.2, 0.25) is 5.60 Å². The van der Waals surface area contributed by atoms with Crippen molar-refractivity contribution in [3.8, 4) is 0 Å². The predicted octanol–water partition coefficient (Wildman–Crippen LogP) is 1.99. The van der Waals surface area contributed by atoms with Crippen molar-refractivity contribution in [1.29, 1.82) is 0 Å². The molecule has 0 saturated carbocycles. The molecule has 0 amide bonds. The molecule has 1 rings (SSSR count). The van der Waals surface area contributed by atoms with E-state index in [-0.39, 0.29) is 5.97 Å². The van der Waals surface area contributed by atoms with Crippen molar-refractivity contribution in [3.05, 3.63) is 12.7 Å². The number of ether oxygens (including phenoxy) is 1. The van der Waals surface area contributed by atoms with Crippen LogP contribution in [0.25, 0.3) is 0 Å². The molecule has 0 radical (unpaired) electrons. The average molecular weight is 214 g/mol. The van der Waals surface area contributed by atoms with Gasteiger partial charge in [-0.25, -0.2) is 14.6 Å². The summed E-state index contributed by atoms with van der Waals surface area (Å²) in [7, 11) is 1.35. The van der Waals surface area contributed by atoms with Gasteiger partial charge >= 0.3 is 5.97 Å². The molecule has 0 bridgehead atoms. The molecule has 0 aromatic heterocycles. The largest absolute Gasteiger partial charge is 0.467 e. The second-order valence-corrected chi connectivity index (χ2v) is 3.81. The highest BCUT2D eigenvalue weighted by molar-refractivity contribution is 5.79. The third-order valence-corrected chi connectivity index (χ3v) is 3.05. The van der Waals surface area contributed by atoms with E-state index in [1.165, 1.54) is 7.11 Å². The number of methoxy groups -OCH3 is 1. The minimum atomic E-state index is -0.973. The van der Waals surface area contributed by atoms with Crippen LogP contribution < -0.4 is 0 Å². The highest BCUT2D eigenvalue weighted by atomic mass is 17.2. The molecular formula is C11H18O4. The van der Waals surface area contributed by atoms with Crippen molar-refractivity contribution in [1.82, 2.24) is 0 Å². The first-order chi connectivity index (χ1) is 7.08. The molecule has 4 nitrogen and oxygen atoms in total. The molecule has 1 aliphatic rings. The van der Waals surface area contributed by atoms with Crippen LogP contribution in [0.2, 0.25) is 0 Å². The van der Waals surface area contributed by atoms with Gasteiger partial charge in [0.1, 0.15) is 5.60 Å². The lowest BCUT2D eigenvalue weighted by atomic mass is 9.84. The van der Waals surface area contributed by atoms with E-state index in [4.69, 9.17) is 14.5 Å². The first kappa shape index (κ1) is 12.2. The van der Waals surface area contributed by atoms with Gasteiger partial charge < -0.3 is 4.74 Å². The Labute approximate surface area is 90.1 Å². The Bertz CT molecular complexity index is 263. The van der Waals surface area contributed by atoms with Crippen LogP contribution in [0.5, 0.6) is 0 Å². The average Bonchev–Trinajstić information content (AvgIpc) is 2.69. The molecule has 1 heterocycles. The molecule has 0 unspecified atom stereocenters. The Balaban J connectivity index is 2.90. The fourth-order valence-corrected chi connectivity index (χ4v) is 1.76. The van der Waals surface area contributed by atoms with Crippen molar-refractivity contribution < 1.29 is 19.3 Å². The first-order valence-electron chi connectivity index (χ1n) is 5.17. The Morgan fingerprint density at radius 3 is 2.47 bits per heavy atom. The molecule has 0 aromatic rings. The van der Waals surface area contributed by atoms with E-state index < -0.39 is 11.2 Å². The maximum atomic E-state index is 11.6. The molecule has 0 N–H and O–H groups in total. The van der Waals surface area contributed by atoms with Gasteiger partial charge in [0, 0.05) is 6.42 Å². The standard InChI is InChI=1S/C11H18O4/c1-5-10(6-2)8-11(7-3,15-14-10)9(12)13-4/h5H,1,6-8H2,2-4H3/t10-,11-/m1/s1. The molecule has 1 saturated heterocycles. The van der Waals surface area contributed by atoms with E-state index >= 15 is 0 Å². The molecule has 1 aliphatic heterocycles. The van der Waals surface area contributed by atoms with Crippen molar-refractivity contribution >= 4 is 5.97 Å². The van der Waals surface area contributed by atoms with Crippen LogP contribution in [-0.2, 0) is 19.3 Å². The van der Waals surface area contributed by atoms with Crippen LogP contribution in [0.15, 0.2) is 12.7 Å². The molecule has 1 fully saturated rings. The Morgan fingerprint density at radius 1 is 1.47 bits per heavy atom. The molecule has 2 atom stereocenters. The lowest BCUT2D eigenvalue weighted by Crippen LogP contribution is -2.40. The van der Waals surface area contributed by atoms with Gasteiger partial charge in [-0.2, -0.15) is 0 Å². The van der Waals surface area contributed by atoms with Crippen LogP contribution in [0.1, 0.15) is 33.1 Å². The summed E-state index contributed by atoms with van der Waals surface area (Å²) in [5.41, 5.74) is -1.54. The summed E-state index contributed by atoms with van der Waals surface area (Å²) < 4.78 is 4.73. The van der Waals surface area contributed by atoms with Crippen LogP contribution in [0.3, 0.4) is 0 Å². The second kappa shape index (κ2) is 4.33. The Hall–Kier alpha value is -0.870. The topological polar surface area (TPSA) is 44.8 Å². The van der Waals surface area contributed by atoms with E-state index in [2.05, 4.69) is 6.58 Å². The second-order valence-electron chi connectivity index (χ2n) is 3.81. The minimum Gasteiger partial charge on any atom is -0.467 e. The maximum absolute atomic E-state index is 11.6. The van der Waals surface area contributed by atoms with Crippen LogP contribution in [-0.4, -0.2) is 24.3 Å². The zero-order valence-electron chi connectivity index (χ0n) is 9.54. The van der Waals surface area contributed by atoms with Gasteiger partial charge in [-0.1, -0.05) is 19.9 Å². The quantitative estimate of drug-likeness (QED) is 0.408. The van der Waals surface area contributed by atoms with Gasteiger partial charge in [-0.3, -0.25) is 0 Å².